The summed E-state index contributed by atoms with van der Waals surface area (Å²) < 4.78 is 3.97. The number of nitrogens with two attached hydrogens (primary N) is 1. The van der Waals surface area contributed by atoms with Gasteiger partial charge in [-0.1, -0.05) is 0 Å². The van der Waals surface area contributed by atoms with Crippen molar-refractivity contribution in [3.05, 3.63) is 35.1 Å². The second-order valence-electron chi connectivity index (χ2n) is 5.80. The summed E-state index contributed by atoms with van der Waals surface area (Å²) in [7, 11) is 1.74. The maximum atomic E-state index is 12.4. The van der Waals surface area contributed by atoms with Crippen LogP contribution in [0.5, 0.6) is 0 Å². The molecular weight excluding hydrogens is 328 g/mol. The molecule has 0 bridgehead atoms. The first-order valence-electron chi connectivity index (χ1n) is 7.57. The number of hydrogen-bond acceptors (Lipinski definition) is 7. The molecule has 0 spiro atoms. The van der Waals surface area contributed by atoms with Crippen molar-refractivity contribution < 1.29 is 9.59 Å². The Kier molecular flexibility index (Phi) is 4.70. The maximum Gasteiger partial charge on any atom is 0.265 e. The lowest BCUT2D eigenvalue weighted by Gasteiger charge is -2.21. The van der Waals surface area contributed by atoms with E-state index in [9.17, 15) is 9.59 Å². The van der Waals surface area contributed by atoms with E-state index in [-0.39, 0.29) is 23.7 Å². The molecule has 1 aliphatic rings. The summed E-state index contributed by atoms with van der Waals surface area (Å²) in [6, 6.07) is 1.73. The molecule has 0 aliphatic carbocycles. The van der Waals surface area contributed by atoms with Crippen molar-refractivity contribution in [2.75, 3.05) is 32.4 Å². The van der Waals surface area contributed by atoms with Crippen LogP contribution in [0.2, 0.25) is 0 Å². The molecule has 2 N–H and O–H groups in total. The molecule has 2 aromatic heterocycles. The van der Waals surface area contributed by atoms with Crippen molar-refractivity contribution in [1.29, 1.82) is 0 Å². The third-order valence-corrected chi connectivity index (χ3v) is 4.75. The number of anilines is 1. The van der Waals surface area contributed by atoms with Gasteiger partial charge in [-0.15, -0.1) is 0 Å². The number of nitrogen functional groups attached to an aromatic ring is 1. The van der Waals surface area contributed by atoms with E-state index in [0.717, 1.165) is 6.42 Å². The van der Waals surface area contributed by atoms with E-state index in [1.807, 2.05) is 4.90 Å². The molecule has 2 amide bonds. The molecule has 1 atom stereocenters. The van der Waals surface area contributed by atoms with Gasteiger partial charge in [-0.25, -0.2) is 14.3 Å². The number of rotatable bonds is 4. The van der Waals surface area contributed by atoms with Crippen LogP contribution in [0.1, 0.15) is 26.5 Å². The van der Waals surface area contributed by atoms with Crippen LogP contribution in [0, 0.1) is 5.92 Å². The number of hydrogen-bond donors (Lipinski definition) is 1. The Morgan fingerprint density at radius 3 is 2.83 bits per heavy atom. The first-order valence-corrected chi connectivity index (χ1v) is 8.35. The molecule has 9 heteroatoms. The molecular formula is C15H18N6O2S. The van der Waals surface area contributed by atoms with E-state index in [1.165, 1.54) is 23.9 Å². The highest BCUT2D eigenvalue weighted by Gasteiger charge is 2.29. The Hall–Kier alpha value is -2.55. The summed E-state index contributed by atoms with van der Waals surface area (Å²) in [5, 5.41) is 0. The number of carbonyl (C=O) groups excluding carboxylic acids is 2. The Morgan fingerprint density at radius 2 is 2.17 bits per heavy atom. The van der Waals surface area contributed by atoms with Crippen LogP contribution in [0.3, 0.4) is 0 Å². The SMILES string of the molecule is CN(CC1CCN(C(=O)c2ccns2)C1)C(=O)c1cnc(N)nc1. The Bertz CT molecular complexity index is 718. The minimum absolute atomic E-state index is 0.0147. The van der Waals surface area contributed by atoms with Crippen LogP contribution in [0.15, 0.2) is 24.7 Å². The van der Waals surface area contributed by atoms with Gasteiger partial charge >= 0.3 is 0 Å². The zero-order valence-electron chi connectivity index (χ0n) is 13.3. The Labute approximate surface area is 143 Å². The van der Waals surface area contributed by atoms with E-state index in [0.29, 0.717) is 30.1 Å². The van der Waals surface area contributed by atoms with E-state index >= 15 is 0 Å². The van der Waals surface area contributed by atoms with Crippen molar-refractivity contribution >= 4 is 29.3 Å². The summed E-state index contributed by atoms with van der Waals surface area (Å²) in [4.78, 5) is 36.5. The average molecular weight is 346 g/mol. The number of amides is 2. The number of carbonyl (C=O) groups is 2. The second kappa shape index (κ2) is 6.91. The van der Waals surface area contributed by atoms with Gasteiger partial charge in [-0.05, 0) is 29.9 Å². The van der Waals surface area contributed by atoms with Crippen LogP contribution < -0.4 is 5.73 Å². The van der Waals surface area contributed by atoms with Crippen molar-refractivity contribution in [2.24, 2.45) is 5.92 Å². The predicted octanol–water partition coefficient (Wildman–Crippen LogP) is 0.750. The predicted molar refractivity (Wildman–Crippen MR) is 89.5 cm³/mol. The molecule has 1 aliphatic heterocycles. The maximum absolute atomic E-state index is 12.4. The van der Waals surface area contributed by atoms with Crippen molar-refractivity contribution in [3.8, 4) is 0 Å². The summed E-state index contributed by atoms with van der Waals surface area (Å²) in [5.74, 6) is 0.260. The van der Waals surface area contributed by atoms with E-state index in [4.69, 9.17) is 5.73 Å². The lowest BCUT2D eigenvalue weighted by atomic mass is 10.1. The summed E-state index contributed by atoms with van der Waals surface area (Å²) in [6.07, 6.45) is 5.36. The van der Waals surface area contributed by atoms with Gasteiger partial charge in [0.25, 0.3) is 11.8 Å². The van der Waals surface area contributed by atoms with Gasteiger partial charge in [0.1, 0.15) is 4.88 Å². The minimum Gasteiger partial charge on any atom is -0.368 e. The zero-order valence-corrected chi connectivity index (χ0v) is 14.1. The third kappa shape index (κ3) is 3.51. The van der Waals surface area contributed by atoms with Crippen LogP contribution in [0.4, 0.5) is 5.95 Å². The molecule has 24 heavy (non-hydrogen) atoms. The normalized spacial score (nSPS) is 17.0. The van der Waals surface area contributed by atoms with Crippen LogP contribution >= 0.6 is 11.5 Å². The minimum atomic E-state index is -0.151. The van der Waals surface area contributed by atoms with E-state index in [2.05, 4.69) is 14.3 Å². The fourth-order valence-electron chi connectivity index (χ4n) is 2.79. The quantitative estimate of drug-likeness (QED) is 0.876. The molecule has 0 aromatic carbocycles. The van der Waals surface area contributed by atoms with Crippen LogP contribution in [-0.2, 0) is 0 Å². The molecule has 1 saturated heterocycles. The van der Waals surface area contributed by atoms with Gasteiger partial charge < -0.3 is 15.5 Å². The molecule has 3 heterocycles. The van der Waals surface area contributed by atoms with Crippen molar-refractivity contribution in [3.63, 3.8) is 0 Å². The van der Waals surface area contributed by atoms with Gasteiger partial charge in [0, 0.05) is 45.3 Å². The molecule has 0 radical (unpaired) electrons. The Balaban J connectivity index is 1.56. The van der Waals surface area contributed by atoms with Gasteiger partial charge in [-0.3, -0.25) is 9.59 Å². The highest BCUT2D eigenvalue weighted by molar-refractivity contribution is 7.08. The number of likely N-dealkylation sites (tertiary alicyclic amines) is 1. The first-order chi connectivity index (χ1) is 11.5. The highest BCUT2D eigenvalue weighted by Crippen LogP contribution is 2.21. The van der Waals surface area contributed by atoms with Crippen molar-refractivity contribution in [1.82, 2.24) is 24.1 Å². The third-order valence-electron chi connectivity index (χ3n) is 4.02. The molecule has 126 valence electrons. The lowest BCUT2D eigenvalue weighted by Crippen LogP contribution is -2.34. The molecule has 0 saturated carbocycles. The van der Waals surface area contributed by atoms with Crippen molar-refractivity contribution in [2.45, 2.75) is 6.42 Å². The van der Waals surface area contributed by atoms with Gasteiger partial charge in [0.05, 0.1) is 5.56 Å². The first kappa shape index (κ1) is 16.3. The lowest BCUT2D eigenvalue weighted by molar-refractivity contribution is 0.0760. The number of aromatic nitrogens is 3. The molecule has 1 fully saturated rings. The summed E-state index contributed by atoms with van der Waals surface area (Å²) >= 11 is 1.21. The number of nitrogens with zero attached hydrogens (tertiary/aromatic N) is 5. The van der Waals surface area contributed by atoms with E-state index < -0.39 is 0 Å². The largest absolute Gasteiger partial charge is 0.368 e. The molecule has 3 rings (SSSR count). The van der Waals surface area contributed by atoms with Crippen LogP contribution in [-0.4, -0.2) is 62.6 Å². The standard InChI is InChI=1S/C15H18N6O2S/c1-20(13(22)11-6-17-15(16)18-7-11)8-10-3-5-21(9-10)14(23)12-2-4-19-24-12/h2,4,6-7,10H,3,5,8-9H2,1H3,(H2,16,17,18). The second-order valence-corrected chi connectivity index (χ2v) is 6.63. The monoisotopic (exact) mass is 346 g/mol. The highest BCUT2D eigenvalue weighted by atomic mass is 32.1. The van der Waals surface area contributed by atoms with Gasteiger partial charge in [0.15, 0.2) is 0 Å². The molecule has 1 unspecified atom stereocenters. The molecule has 2 aromatic rings. The Morgan fingerprint density at radius 1 is 1.42 bits per heavy atom. The van der Waals surface area contributed by atoms with Gasteiger partial charge in [-0.2, -0.15) is 0 Å². The smallest absolute Gasteiger partial charge is 0.265 e. The van der Waals surface area contributed by atoms with Crippen LogP contribution in [0.25, 0.3) is 0 Å². The topological polar surface area (TPSA) is 105 Å². The zero-order chi connectivity index (χ0) is 17.1. The van der Waals surface area contributed by atoms with Gasteiger partial charge in [0.2, 0.25) is 5.95 Å². The average Bonchev–Trinajstić information content (AvgIpc) is 3.26. The van der Waals surface area contributed by atoms with E-state index in [1.54, 1.807) is 24.2 Å². The fraction of sp³-hybridized carbons (Fsp3) is 0.400. The fourth-order valence-corrected chi connectivity index (χ4v) is 3.35. The molecule has 8 nitrogen and oxygen atoms in total. The summed E-state index contributed by atoms with van der Waals surface area (Å²) in [5.41, 5.74) is 5.84. The summed E-state index contributed by atoms with van der Waals surface area (Å²) in [6.45, 7) is 1.93.